The van der Waals surface area contributed by atoms with Crippen molar-refractivity contribution in [3.8, 4) is 0 Å². The molecule has 0 saturated heterocycles. The number of aliphatic hydroxyl groups excluding tert-OH is 1. The van der Waals surface area contributed by atoms with Crippen molar-refractivity contribution >= 4 is 5.91 Å². The molecule has 19 heavy (non-hydrogen) atoms. The molecule has 0 atom stereocenters. The summed E-state index contributed by atoms with van der Waals surface area (Å²) in [5, 5.41) is 12.2. The lowest BCUT2D eigenvalue weighted by Crippen LogP contribution is -2.50. The molecule has 2 N–H and O–H groups in total. The van der Waals surface area contributed by atoms with Crippen LogP contribution in [0.2, 0.25) is 0 Å². The Kier molecular flexibility index (Phi) is 5.76. The van der Waals surface area contributed by atoms with Crippen LogP contribution >= 0.6 is 0 Å². The Balaban J connectivity index is 2.57. The van der Waals surface area contributed by atoms with Gasteiger partial charge in [-0.05, 0) is 18.9 Å². The number of nitrogens with one attached hydrogen (secondary N) is 1. The van der Waals surface area contributed by atoms with Crippen LogP contribution in [0.5, 0.6) is 0 Å². The summed E-state index contributed by atoms with van der Waals surface area (Å²) in [5.74, 6) is -0.145. The molecule has 1 amide bonds. The summed E-state index contributed by atoms with van der Waals surface area (Å²) in [7, 11) is 0. The number of carbonyl (C=O) groups excluding carboxylic acids is 1. The zero-order valence-corrected chi connectivity index (χ0v) is 11.6. The molecule has 1 aromatic rings. The van der Waals surface area contributed by atoms with Gasteiger partial charge < -0.3 is 15.0 Å². The molecule has 0 spiro atoms. The van der Waals surface area contributed by atoms with Gasteiger partial charge in [0.2, 0.25) is 5.91 Å². The molecule has 0 bridgehead atoms. The number of amides is 1. The molecule has 0 aromatic carbocycles. The van der Waals surface area contributed by atoms with Gasteiger partial charge in [-0.15, -0.1) is 0 Å². The number of nitrogens with zero attached hydrogens (tertiary/aromatic N) is 1. The molecule has 106 valence electrons. The van der Waals surface area contributed by atoms with Gasteiger partial charge in [0, 0.05) is 25.2 Å². The van der Waals surface area contributed by atoms with E-state index in [2.05, 4.69) is 5.32 Å². The molecule has 0 aliphatic carbocycles. The van der Waals surface area contributed by atoms with Crippen molar-refractivity contribution in [1.29, 1.82) is 0 Å². The van der Waals surface area contributed by atoms with Crippen LogP contribution in [-0.4, -0.2) is 27.7 Å². The molecule has 0 unspecified atom stereocenters. The van der Waals surface area contributed by atoms with E-state index >= 15 is 0 Å². The zero-order valence-electron chi connectivity index (χ0n) is 11.6. The highest BCUT2D eigenvalue weighted by atomic mass is 16.3. The standard InChI is InChI=1S/C14H22N2O3/c1-3-14(4-2,11-17)15-12(18)8-10-16-9-6-5-7-13(16)19/h5-7,9,17H,3-4,8,10-11H2,1-2H3,(H,15,18). The van der Waals surface area contributed by atoms with Crippen molar-refractivity contribution < 1.29 is 9.90 Å². The van der Waals surface area contributed by atoms with E-state index in [0.717, 1.165) is 0 Å². The summed E-state index contributed by atoms with van der Waals surface area (Å²) in [5.41, 5.74) is -0.659. The molecule has 0 saturated carbocycles. The third-order valence-corrected chi connectivity index (χ3v) is 3.54. The number of aryl methyl sites for hydroxylation is 1. The van der Waals surface area contributed by atoms with Crippen molar-refractivity contribution in [2.75, 3.05) is 6.61 Å². The van der Waals surface area contributed by atoms with Crippen LogP contribution in [0.3, 0.4) is 0 Å². The van der Waals surface area contributed by atoms with Crippen molar-refractivity contribution in [2.24, 2.45) is 0 Å². The molecular weight excluding hydrogens is 244 g/mol. The maximum Gasteiger partial charge on any atom is 0.250 e. The molecule has 0 radical (unpaired) electrons. The number of hydrogen-bond donors (Lipinski definition) is 2. The lowest BCUT2D eigenvalue weighted by Gasteiger charge is -2.30. The average Bonchev–Trinajstić information content (AvgIpc) is 2.44. The van der Waals surface area contributed by atoms with Gasteiger partial charge in [0.1, 0.15) is 0 Å². The fourth-order valence-corrected chi connectivity index (χ4v) is 1.92. The lowest BCUT2D eigenvalue weighted by molar-refractivity contribution is -0.124. The Morgan fingerprint density at radius 1 is 1.37 bits per heavy atom. The number of aromatic nitrogens is 1. The highest BCUT2D eigenvalue weighted by Gasteiger charge is 2.26. The minimum Gasteiger partial charge on any atom is -0.394 e. The van der Waals surface area contributed by atoms with Gasteiger partial charge in [-0.3, -0.25) is 9.59 Å². The minimum atomic E-state index is -0.543. The maximum absolute atomic E-state index is 11.9. The Bertz CT molecular complexity index is 455. The number of pyridine rings is 1. The SMILES string of the molecule is CCC(CC)(CO)NC(=O)CCn1ccccc1=O. The van der Waals surface area contributed by atoms with Crippen molar-refractivity contribution in [3.05, 3.63) is 34.7 Å². The van der Waals surface area contributed by atoms with E-state index in [1.54, 1.807) is 18.3 Å². The fourth-order valence-electron chi connectivity index (χ4n) is 1.92. The molecule has 1 rings (SSSR count). The van der Waals surface area contributed by atoms with Gasteiger partial charge in [0.15, 0.2) is 0 Å². The monoisotopic (exact) mass is 266 g/mol. The number of rotatable bonds is 7. The predicted octanol–water partition coefficient (Wildman–Crippen LogP) is 0.906. The molecule has 5 heteroatoms. The second-order valence-corrected chi connectivity index (χ2v) is 4.68. The second kappa shape index (κ2) is 7.09. The van der Waals surface area contributed by atoms with E-state index in [0.29, 0.717) is 19.4 Å². The van der Waals surface area contributed by atoms with Gasteiger partial charge in [-0.1, -0.05) is 19.9 Å². The van der Waals surface area contributed by atoms with Crippen LogP contribution in [0, 0.1) is 0 Å². The third kappa shape index (κ3) is 4.21. The van der Waals surface area contributed by atoms with Crippen LogP contribution in [-0.2, 0) is 11.3 Å². The first-order valence-corrected chi connectivity index (χ1v) is 6.64. The summed E-state index contributed by atoms with van der Waals surface area (Å²) in [4.78, 5) is 23.4. The molecule has 0 aliphatic heterocycles. The summed E-state index contributed by atoms with van der Waals surface area (Å²) in [6.45, 7) is 4.14. The van der Waals surface area contributed by atoms with E-state index in [4.69, 9.17) is 0 Å². The van der Waals surface area contributed by atoms with Gasteiger partial charge in [0.05, 0.1) is 12.1 Å². The Morgan fingerprint density at radius 3 is 2.58 bits per heavy atom. The second-order valence-electron chi connectivity index (χ2n) is 4.68. The van der Waals surface area contributed by atoms with Crippen molar-refractivity contribution in [1.82, 2.24) is 9.88 Å². The van der Waals surface area contributed by atoms with Crippen molar-refractivity contribution in [2.45, 2.75) is 45.2 Å². The van der Waals surface area contributed by atoms with Crippen LogP contribution in [0.25, 0.3) is 0 Å². The highest BCUT2D eigenvalue weighted by molar-refractivity contribution is 5.76. The molecule has 1 heterocycles. The van der Waals surface area contributed by atoms with Crippen LogP contribution in [0.15, 0.2) is 29.2 Å². The van der Waals surface area contributed by atoms with Crippen molar-refractivity contribution in [3.63, 3.8) is 0 Å². The van der Waals surface area contributed by atoms with E-state index in [1.165, 1.54) is 10.6 Å². The first-order valence-electron chi connectivity index (χ1n) is 6.64. The number of hydrogen-bond acceptors (Lipinski definition) is 3. The summed E-state index contributed by atoms with van der Waals surface area (Å²) in [6.07, 6.45) is 3.24. The molecular formula is C14H22N2O3. The van der Waals surface area contributed by atoms with Gasteiger partial charge in [0.25, 0.3) is 5.56 Å². The average molecular weight is 266 g/mol. The van der Waals surface area contributed by atoms with Crippen LogP contribution < -0.4 is 10.9 Å². The summed E-state index contributed by atoms with van der Waals surface area (Å²) < 4.78 is 1.50. The van der Waals surface area contributed by atoms with E-state index in [9.17, 15) is 14.7 Å². The third-order valence-electron chi connectivity index (χ3n) is 3.54. The van der Waals surface area contributed by atoms with Gasteiger partial charge >= 0.3 is 0 Å². The Hall–Kier alpha value is -1.62. The first-order chi connectivity index (χ1) is 9.06. The predicted molar refractivity (Wildman–Crippen MR) is 73.9 cm³/mol. The van der Waals surface area contributed by atoms with E-state index < -0.39 is 5.54 Å². The highest BCUT2D eigenvalue weighted by Crippen LogP contribution is 2.14. The molecule has 1 aromatic heterocycles. The van der Waals surface area contributed by atoms with Gasteiger partial charge in [-0.2, -0.15) is 0 Å². The topological polar surface area (TPSA) is 71.3 Å². The fraction of sp³-hybridized carbons (Fsp3) is 0.571. The number of aliphatic hydroxyl groups is 1. The quantitative estimate of drug-likeness (QED) is 0.770. The maximum atomic E-state index is 11.9. The molecule has 0 fully saturated rings. The Labute approximate surface area is 113 Å². The zero-order chi connectivity index (χ0) is 14.3. The number of carbonyl (C=O) groups is 1. The van der Waals surface area contributed by atoms with Crippen LogP contribution in [0.1, 0.15) is 33.1 Å². The smallest absolute Gasteiger partial charge is 0.250 e. The van der Waals surface area contributed by atoms with E-state index in [-0.39, 0.29) is 24.5 Å². The molecule has 5 nitrogen and oxygen atoms in total. The van der Waals surface area contributed by atoms with E-state index in [1.807, 2.05) is 13.8 Å². The summed E-state index contributed by atoms with van der Waals surface area (Å²) in [6, 6.07) is 4.90. The molecule has 0 aliphatic rings. The normalized spacial score (nSPS) is 11.3. The summed E-state index contributed by atoms with van der Waals surface area (Å²) >= 11 is 0. The van der Waals surface area contributed by atoms with Gasteiger partial charge in [-0.25, -0.2) is 0 Å². The lowest BCUT2D eigenvalue weighted by atomic mass is 9.94. The van der Waals surface area contributed by atoms with Crippen LogP contribution in [0.4, 0.5) is 0 Å². The minimum absolute atomic E-state index is 0.0724. The first kappa shape index (κ1) is 15.4. The largest absolute Gasteiger partial charge is 0.394 e. The Morgan fingerprint density at radius 2 is 2.05 bits per heavy atom.